The summed E-state index contributed by atoms with van der Waals surface area (Å²) >= 11 is 0. The molecule has 1 aromatic carbocycles. The lowest BCUT2D eigenvalue weighted by Gasteiger charge is -2.38. The lowest BCUT2D eigenvalue weighted by molar-refractivity contribution is 0.202. The number of aromatic nitrogens is 3. The average Bonchev–Trinajstić information content (AvgIpc) is 3.08. The third kappa shape index (κ3) is 5.17. The van der Waals surface area contributed by atoms with Gasteiger partial charge in [-0.1, -0.05) is 12.1 Å². The van der Waals surface area contributed by atoms with Crippen molar-refractivity contribution in [1.82, 2.24) is 25.0 Å². The van der Waals surface area contributed by atoms with Gasteiger partial charge >= 0.3 is 0 Å². The van der Waals surface area contributed by atoms with Crippen molar-refractivity contribution in [2.75, 3.05) is 58.5 Å². The van der Waals surface area contributed by atoms with Gasteiger partial charge < -0.3 is 29.2 Å². The Balaban J connectivity index is 1.67. The quantitative estimate of drug-likeness (QED) is 0.422. The first-order chi connectivity index (χ1) is 14.1. The number of para-hydroxylation sites is 2. The summed E-state index contributed by atoms with van der Waals surface area (Å²) in [6.07, 6.45) is 0. The smallest absolute Gasteiger partial charge is 0.194 e. The minimum Gasteiger partial charge on any atom is -0.495 e. The van der Waals surface area contributed by atoms with Gasteiger partial charge in [-0.3, -0.25) is 0 Å². The Kier molecular flexibility index (Phi) is 7.29. The number of benzene rings is 1. The van der Waals surface area contributed by atoms with E-state index in [0.29, 0.717) is 19.7 Å². The molecule has 1 aliphatic heterocycles. The monoisotopic (exact) mass is 401 g/mol. The molecule has 0 bridgehead atoms. The van der Waals surface area contributed by atoms with Crippen LogP contribution < -0.4 is 15.0 Å². The van der Waals surface area contributed by atoms with Crippen LogP contribution in [0.4, 0.5) is 5.69 Å². The van der Waals surface area contributed by atoms with E-state index in [0.717, 1.165) is 55.2 Å². The highest BCUT2D eigenvalue weighted by molar-refractivity contribution is 5.80. The Morgan fingerprint density at radius 3 is 2.55 bits per heavy atom. The molecule has 29 heavy (non-hydrogen) atoms. The van der Waals surface area contributed by atoms with Gasteiger partial charge in [0.05, 0.1) is 19.4 Å². The van der Waals surface area contributed by atoms with Gasteiger partial charge in [0.2, 0.25) is 0 Å². The van der Waals surface area contributed by atoms with Crippen molar-refractivity contribution >= 4 is 11.6 Å². The molecule has 0 spiro atoms. The maximum Gasteiger partial charge on any atom is 0.194 e. The molecule has 0 radical (unpaired) electrons. The number of ether oxygens (including phenoxy) is 2. The molecule has 2 heterocycles. The number of guanidine groups is 1. The number of piperazine rings is 1. The third-order valence-electron chi connectivity index (χ3n) is 5.15. The Bertz CT molecular complexity index is 813. The first-order valence-electron chi connectivity index (χ1n) is 9.89. The molecular formula is C20H31N7O2. The van der Waals surface area contributed by atoms with E-state index in [1.807, 2.05) is 36.7 Å². The zero-order valence-corrected chi connectivity index (χ0v) is 17.8. The molecule has 0 atom stereocenters. The lowest BCUT2D eigenvalue weighted by Crippen LogP contribution is -2.53. The molecule has 1 saturated heterocycles. The molecule has 1 aromatic heterocycles. The number of hydrogen-bond donors (Lipinski definition) is 1. The Morgan fingerprint density at radius 1 is 1.14 bits per heavy atom. The highest BCUT2D eigenvalue weighted by Crippen LogP contribution is 2.28. The van der Waals surface area contributed by atoms with Crippen molar-refractivity contribution in [1.29, 1.82) is 0 Å². The summed E-state index contributed by atoms with van der Waals surface area (Å²) in [7, 11) is 5.38. The molecule has 1 aliphatic rings. The summed E-state index contributed by atoms with van der Waals surface area (Å²) in [4.78, 5) is 9.44. The van der Waals surface area contributed by atoms with Crippen LogP contribution in [0.5, 0.6) is 5.75 Å². The second-order valence-electron chi connectivity index (χ2n) is 6.93. The summed E-state index contributed by atoms with van der Waals surface area (Å²) in [5, 5.41) is 11.7. The van der Waals surface area contributed by atoms with Crippen LogP contribution in [0.2, 0.25) is 0 Å². The predicted octanol–water partition coefficient (Wildman–Crippen LogP) is 1.05. The van der Waals surface area contributed by atoms with E-state index in [-0.39, 0.29) is 0 Å². The Morgan fingerprint density at radius 2 is 1.90 bits per heavy atom. The van der Waals surface area contributed by atoms with Crippen LogP contribution in [0.3, 0.4) is 0 Å². The van der Waals surface area contributed by atoms with Crippen LogP contribution in [0.25, 0.3) is 0 Å². The van der Waals surface area contributed by atoms with Gasteiger partial charge in [-0.05, 0) is 19.1 Å². The number of hydrogen-bond acceptors (Lipinski definition) is 6. The van der Waals surface area contributed by atoms with Crippen molar-refractivity contribution in [3.05, 3.63) is 35.9 Å². The number of nitrogens with one attached hydrogen (secondary N) is 1. The average molecular weight is 402 g/mol. The minimum absolute atomic E-state index is 0.485. The van der Waals surface area contributed by atoms with Crippen molar-refractivity contribution < 1.29 is 9.47 Å². The zero-order valence-electron chi connectivity index (χ0n) is 17.8. The highest BCUT2D eigenvalue weighted by atomic mass is 16.5. The van der Waals surface area contributed by atoms with E-state index in [4.69, 9.17) is 14.5 Å². The van der Waals surface area contributed by atoms with E-state index in [1.54, 1.807) is 14.2 Å². The van der Waals surface area contributed by atoms with E-state index in [2.05, 4.69) is 31.4 Å². The number of aryl methyl sites for hydroxylation is 1. The molecule has 9 nitrogen and oxygen atoms in total. The summed E-state index contributed by atoms with van der Waals surface area (Å²) in [6, 6.07) is 8.16. The molecule has 2 aromatic rings. The zero-order chi connectivity index (χ0) is 20.6. The van der Waals surface area contributed by atoms with Crippen LogP contribution in [0.1, 0.15) is 11.6 Å². The van der Waals surface area contributed by atoms with Crippen LogP contribution >= 0.6 is 0 Å². The number of nitrogens with zero attached hydrogens (tertiary/aromatic N) is 6. The second-order valence-corrected chi connectivity index (χ2v) is 6.93. The highest BCUT2D eigenvalue weighted by Gasteiger charge is 2.22. The van der Waals surface area contributed by atoms with Crippen molar-refractivity contribution in [3.8, 4) is 5.75 Å². The molecule has 0 saturated carbocycles. The molecule has 0 unspecified atom stereocenters. The number of rotatable bonds is 7. The van der Waals surface area contributed by atoms with Gasteiger partial charge in [-0.25, -0.2) is 4.99 Å². The molecule has 3 rings (SSSR count). The van der Waals surface area contributed by atoms with Gasteiger partial charge in [0, 0.05) is 46.9 Å². The third-order valence-corrected chi connectivity index (χ3v) is 5.15. The van der Waals surface area contributed by atoms with Gasteiger partial charge in [0.25, 0.3) is 0 Å². The fourth-order valence-corrected chi connectivity index (χ4v) is 3.32. The van der Waals surface area contributed by atoms with Crippen LogP contribution in [0, 0.1) is 6.92 Å². The maximum atomic E-state index is 5.52. The first kappa shape index (κ1) is 20.9. The van der Waals surface area contributed by atoms with E-state index >= 15 is 0 Å². The number of methoxy groups -OCH3 is 2. The van der Waals surface area contributed by atoms with Gasteiger partial charge in [0.15, 0.2) is 11.8 Å². The largest absolute Gasteiger partial charge is 0.495 e. The van der Waals surface area contributed by atoms with Gasteiger partial charge in [0.1, 0.15) is 18.1 Å². The molecule has 9 heteroatoms. The van der Waals surface area contributed by atoms with Gasteiger partial charge in [-0.15, -0.1) is 10.2 Å². The molecule has 0 amide bonds. The standard InChI is InChI=1S/C20H31N7O2/c1-16-23-24-19(25(16)2)15-22-20(21-9-14-28-3)27-12-10-26(11-13-27)17-7-5-6-8-18(17)29-4/h5-8H,9-15H2,1-4H3,(H,21,22). The Labute approximate surface area is 172 Å². The first-order valence-corrected chi connectivity index (χ1v) is 9.89. The van der Waals surface area contributed by atoms with E-state index in [9.17, 15) is 0 Å². The summed E-state index contributed by atoms with van der Waals surface area (Å²) in [6.45, 7) is 7.30. The van der Waals surface area contributed by atoms with Gasteiger partial charge in [-0.2, -0.15) is 0 Å². The fourth-order valence-electron chi connectivity index (χ4n) is 3.32. The fraction of sp³-hybridized carbons (Fsp3) is 0.550. The van der Waals surface area contributed by atoms with Crippen LogP contribution in [-0.4, -0.2) is 79.2 Å². The summed E-state index contributed by atoms with van der Waals surface area (Å²) in [5.41, 5.74) is 1.13. The summed E-state index contributed by atoms with van der Waals surface area (Å²) in [5.74, 6) is 3.52. The molecule has 158 valence electrons. The van der Waals surface area contributed by atoms with Crippen LogP contribution in [0.15, 0.2) is 29.3 Å². The lowest BCUT2D eigenvalue weighted by atomic mass is 10.2. The predicted molar refractivity (Wildman–Crippen MR) is 114 cm³/mol. The molecule has 0 aliphatic carbocycles. The Hall–Kier alpha value is -2.81. The second kappa shape index (κ2) is 10.1. The van der Waals surface area contributed by atoms with E-state index in [1.165, 1.54) is 0 Å². The SMILES string of the molecule is COCCNC(=NCc1nnc(C)n1C)N1CCN(c2ccccc2OC)CC1. The van der Waals surface area contributed by atoms with Crippen molar-refractivity contribution in [3.63, 3.8) is 0 Å². The van der Waals surface area contributed by atoms with E-state index < -0.39 is 0 Å². The summed E-state index contributed by atoms with van der Waals surface area (Å²) < 4.78 is 12.7. The van der Waals surface area contributed by atoms with Crippen LogP contribution in [-0.2, 0) is 18.3 Å². The maximum absolute atomic E-state index is 5.52. The van der Waals surface area contributed by atoms with Crippen molar-refractivity contribution in [2.45, 2.75) is 13.5 Å². The molecule has 1 fully saturated rings. The van der Waals surface area contributed by atoms with Crippen molar-refractivity contribution in [2.24, 2.45) is 12.0 Å². The molecular weight excluding hydrogens is 370 g/mol. The number of anilines is 1. The topological polar surface area (TPSA) is 80.0 Å². The normalized spacial score (nSPS) is 15.0. The minimum atomic E-state index is 0.485. The molecule has 1 N–H and O–H groups in total. The number of aliphatic imine (C=N–C) groups is 1.